The van der Waals surface area contributed by atoms with Gasteiger partial charge in [0, 0.05) is 38.6 Å². The van der Waals surface area contributed by atoms with Crippen molar-refractivity contribution in [2.75, 3.05) is 13.1 Å². The summed E-state index contributed by atoms with van der Waals surface area (Å²) in [5.74, 6) is -15.4. The fraction of sp³-hybridized carbons (Fsp3) is 0.653. The second-order valence-corrected chi connectivity index (χ2v) is 28.9. The number of phenols is 1. The summed E-state index contributed by atoms with van der Waals surface area (Å²) in [7, 11) is 0. The number of rotatable bonds is 37. The Hall–Kier alpha value is -9.30. The molecule has 2 aromatic carbocycles. The van der Waals surface area contributed by atoms with E-state index in [4.69, 9.17) is 16.2 Å². The van der Waals surface area contributed by atoms with E-state index in [0.29, 0.717) is 30.7 Å². The van der Waals surface area contributed by atoms with Crippen LogP contribution in [0.3, 0.4) is 0 Å². The lowest BCUT2D eigenvalue weighted by Crippen LogP contribution is -2.62. The molecule has 0 aromatic heterocycles. The Morgan fingerprint density at radius 2 is 1.13 bits per heavy atom. The van der Waals surface area contributed by atoms with Gasteiger partial charge in [-0.2, -0.15) is 0 Å². The average molecular weight is 1510 g/mol. The monoisotopic (exact) mass is 1500 g/mol. The fourth-order valence-corrected chi connectivity index (χ4v) is 12.5. The molecule has 3 aliphatic heterocycles. The molecule has 2 bridgehead atoms. The van der Waals surface area contributed by atoms with Gasteiger partial charge < -0.3 is 94.5 Å². The number of primary amides is 1. The predicted octanol–water partition coefficient (Wildman–Crippen LogP) is 1.97. The number of hydrogen-bond acceptors (Lipinski definition) is 19. The number of carbonyl (C=O) groups is 14. The van der Waals surface area contributed by atoms with Crippen LogP contribution in [0.4, 0.5) is 0 Å². The highest BCUT2D eigenvalue weighted by Gasteiger charge is 2.43. The normalized spacial score (nSPS) is 21.8. The molecule has 107 heavy (non-hydrogen) atoms. The van der Waals surface area contributed by atoms with E-state index in [1.54, 1.807) is 27.7 Å². The number of nitrogens with zero attached hydrogens (tertiary/aromatic N) is 1. The molecule has 32 nitrogen and oxygen atoms in total. The van der Waals surface area contributed by atoms with E-state index in [2.05, 4.69) is 61.7 Å². The number of nitrogens with one attached hydrogen (secondary N) is 9. The minimum Gasteiger partial charge on any atom is -0.508 e. The number of fused-ring (bicyclic) bond motifs is 23. The number of carboxylic acids is 2. The van der Waals surface area contributed by atoms with Crippen molar-refractivity contribution in [3.05, 3.63) is 59.7 Å². The Balaban J connectivity index is 1.77. The van der Waals surface area contributed by atoms with Gasteiger partial charge in [-0.05, 0) is 118 Å². The first-order valence-corrected chi connectivity index (χ1v) is 37.6. The Morgan fingerprint density at radius 1 is 0.589 bits per heavy atom. The van der Waals surface area contributed by atoms with Gasteiger partial charge in [0.25, 0.3) is 0 Å². The summed E-state index contributed by atoms with van der Waals surface area (Å²) in [4.78, 5) is 196. The molecule has 0 unspecified atom stereocenters. The number of nitrogens with two attached hydrogens (primary N) is 2. The number of carboxylic acid groups (broad SMARTS) is 2. The highest BCUT2D eigenvalue weighted by Crippen LogP contribution is 2.24. The average Bonchev–Trinajstić information content (AvgIpc) is 1.77. The summed E-state index contributed by atoms with van der Waals surface area (Å²) in [5.41, 5.74) is 12.1. The molecule has 3 heterocycles. The molecule has 596 valence electrons. The zero-order valence-corrected chi connectivity index (χ0v) is 62.8. The van der Waals surface area contributed by atoms with E-state index in [1.807, 2.05) is 0 Å². The third-order valence-electron chi connectivity index (χ3n) is 19.1. The summed E-state index contributed by atoms with van der Waals surface area (Å²) < 4.78 is 5.84. The van der Waals surface area contributed by atoms with Gasteiger partial charge in [0.05, 0.1) is 18.6 Å². The van der Waals surface area contributed by atoms with Crippen molar-refractivity contribution in [1.82, 2.24) is 52.8 Å². The van der Waals surface area contributed by atoms with Crippen molar-refractivity contribution in [3.63, 3.8) is 0 Å². The number of hydrogen-bond donors (Lipinski definition) is 16. The minimum absolute atomic E-state index is 0.0235. The molecule has 0 saturated carbocycles. The number of amides is 11. The van der Waals surface area contributed by atoms with Crippen molar-refractivity contribution in [3.8, 4) is 11.5 Å². The molecule has 32 heteroatoms. The Morgan fingerprint density at radius 3 is 1.70 bits per heavy atom. The van der Waals surface area contributed by atoms with E-state index in [1.165, 1.54) is 74.2 Å². The molecule has 0 aliphatic carbocycles. The van der Waals surface area contributed by atoms with Crippen LogP contribution >= 0.6 is 0 Å². The van der Waals surface area contributed by atoms with Gasteiger partial charge in [-0.3, -0.25) is 62.3 Å². The Labute approximate surface area is 625 Å². The zero-order chi connectivity index (χ0) is 79.4. The molecule has 1 saturated heterocycles. The van der Waals surface area contributed by atoms with Crippen LogP contribution in [0.5, 0.6) is 11.5 Å². The standard InChI is InChI=1S/C75H116N12O20/c1-8-45(6)64-75(106)107-51-30-26-48(27-31-51)41-57(82-66(97)52(22-18-38-76)79-67(98)53(33-36-61(93)94)78-60(92)42-50(90)21-17-15-13-11-9-10-12-14-16-20-43(2)3)71(102)86-65(46(7)88)73(104)81-55(34-37-62(95)96)69(100)84-63(44(4)5)74(105)87-39-19-23-58(87)72(103)80-54(32-35-59(77)91)68(99)83-56(70(101)85-64)40-47-24-28-49(89)29-25-47/h24-31,43-46,50,52-58,63-65,88-90H,8-23,32-42,76H2,1-7H3,(H2,77,91)(H,78,92)(H,79,98)(H,80,103)(H,81,104)(H,82,97)(H,83,99)(H,84,100)(H,85,101)(H,86,102)(H,93,94)(H,95,96)/t45-,46-,50+,52-,53-,54-,55-,56+,57-,58-,63+,64-,65+/m0/s1. The molecule has 11 amide bonds. The number of unbranched alkanes of at least 4 members (excludes halogenated alkanes) is 8. The van der Waals surface area contributed by atoms with Crippen molar-refractivity contribution >= 4 is 82.9 Å². The van der Waals surface area contributed by atoms with Crippen molar-refractivity contribution in [1.29, 1.82) is 0 Å². The first-order chi connectivity index (χ1) is 50.7. The second-order valence-electron chi connectivity index (χ2n) is 28.9. The maximum absolute atomic E-state index is 14.9. The number of aliphatic hydroxyl groups is 2. The van der Waals surface area contributed by atoms with Crippen LogP contribution in [0.15, 0.2) is 48.5 Å². The highest BCUT2D eigenvalue weighted by atomic mass is 16.5. The number of aromatic hydroxyl groups is 1. The number of phenolic OH excluding ortho intramolecular Hbond substituents is 1. The summed E-state index contributed by atoms with van der Waals surface area (Å²) in [5, 5.41) is 74.6. The lowest BCUT2D eigenvalue weighted by Gasteiger charge is -2.32. The van der Waals surface area contributed by atoms with Gasteiger partial charge in [-0.25, -0.2) is 4.79 Å². The van der Waals surface area contributed by atoms with Gasteiger partial charge in [-0.1, -0.05) is 136 Å². The topological polar surface area (TPSA) is 513 Å². The summed E-state index contributed by atoms with van der Waals surface area (Å²) in [6.45, 7) is 12.0. The van der Waals surface area contributed by atoms with Gasteiger partial charge >= 0.3 is 17.9 Å². The van der Waals surface area contributed by atoms with Crippen LogP contribution < -0.4 is 64.1 Å². The third-order valence-corrected chi connectivity index (χ3v) is 19.1. The Kier molecular flexibility index (Phi) is 39.3. The van der Waals surface area contributed by atoms with Crippen molar-refractivity contribution < 1.29 is 97.4 Å². The SMILES string of the molecule is CC[C@H](C)[C@@H]1NC(=O)[C@@H](Cc2ccc(O)cc2)NC(=O)[C@H](CCC(N)=O)NC(=O)[C@@H]2CCCN2C(=O)[C@@H](C(C)C)NC(=O)[C@H](CCC(=O)O)NC(=O)[C@@H]([C@H](C)O)NC(=O)[C@@H](NC(=O)[C@H](CCCN)NC(=O)[C@H](CCC(=O)O)NC(=O)C[C@H](O)CCCCCCCCCCCC(C)C)Cc2ccc(cc2)OC1=O. The molecular formula is C75H116N12O20. The molecule has 5 rings (SSSR count). The maximum Gasteiger partial charge on any atom is 0.334 e. The molecule has 3 aliphatic rings. The molecule has 1 fully saturated rings. The van der Waals surface area contributed by atoms with Crippen molar-refractivity contribution in [2.24, 2.45) is 29.2 Å². The highest BCUT2D eigenvalue weighted by molar-refractivity contribution is 6.00. The number of ether oxygens (including phenoxy) is 1. The van der Waals surface area contributed by atoms with Crippen LogP contribution in [0.1, 0.15) is 207 Å². The van der Waals surface area contributed by atoms with E-state index in [-0.39, 0.29) is 62.3 Å². The van der Waals surface area contributed by atoms with Crippen LogP contribution in [0.25, 0.3) is 0 Å². The van der Waals surface area contributed by atoms with Crippen molar-refractivity contribution in [2.45, 2.75) is 282 Å². The number of carbonyl (C=O) groups excluding carboxylic acids is 12. The molecule has 0 radical (unpaired) electrons. The fourth-order valence-electron chi connectivity index (χ4n) is 12.5. The minimum atomic E-state index is -1.99. The van der Waals surface area contributed by atoms with E-state index < -0.39 is 219 Å². The van der Waals surface area contributed by atoms with Crippen LogP contribution in [0.2, 0.25) is 0 Å². The largest absolute Gasteiger partial charge is 0.508 e. The summed E-state index contributed by atoms with van der Waals surface area (Å²) in [6.07, 6.45) is 4.05. The quantitative estimate of drug-likeness (QED) is 0.0199. The second kappa shape index (κ2) is 46.7. The van der Waals surface area contributed by atoms with E-state index in [9.17, 15) is 92.7 Å². The van der Waals surface area contributed by atoms with E-state index >= 15 is 0 Å². The summed E-state index contributed by atoms with van der Waals surface area (Å²) >= 11 is 0. The lowest BCUT2D eigenvalue weighted by atomic mass is 9.97. The lowest BCUT2D eigenvalue weighted by molar-refractivity contribution is -0.144. The van der Waals surface area contributed by atoms with Gasteiger partial charge in [0.2, 0.25) is 65.0 Å². The van der Waals surface area contributed by atoms with Gasteiger partial charge in [0.15, 0.2) is 0 Å². The van der Waals surface area contributed by atoms with E-state index in [0.717, 1.165) is 43.9 Å². The van der Waals surface area contributed by atoms with Gasteiger partial charge in [0.1, 0.15) is 71.9 Å². The molecule has 13 atom stereocenters. The molecule has 0 spiro atoms. The molecule has 18 N–H and O–H groups in total. The number of aliphatic carboxylic acids is 2. The predicted molar refractivity (Wildman–Crippen MR) is 392 cm³/mol. The number of aliphatic hydroxyl groups excluding tert-OH is 2. The summed E-state index contributed by atoms with van der Waals surface area (Å²) in [6, 6.07) is -4.88. The third kappa shape index (κ3) is 32.4. The van der Waals surface area contributed by atoms with Crippen LogP contribution in [-0.4, -0.2) is 199 Å². The zero-order valence-electron chi connectivity index (χ0n) is 62.8. The Bertz CT molecular complexity index is 3280. The number of benzene rings is 2. The molecule has 2 aromatic rings. The maximum atomic E-state index is 14.9. The molecular weight excluding hydrogens is 1390 g/mol. The number of esters is 1. The van der Waals surface area contributed by atoms with Gasteiger partial charge in [-0.15, -0.1) is 0 Å². The van der Waals surface area contributed by atoms with Crippen LogP contribution in [-0.2, 0) is 80.0 Å². The first kappa shape index (κ1) is 90.1. The first-order valence-electron chi connectivity index (χ1n) is 37.6. The van der Waals surface area contributed by atoms with Crippen LogP contribution in [0, 0.1) is 17.8 Å². The smallest absolute Gasteiger partial charge is 0.334 e.